The van der Waals surface area contributed by atoms with E-state index in [1.54, 1.807) is 49.4 Å². The Morgan fingerprint density at radius 3 is 2.17 bits per heavy atom. The molecule has 0 bridgehead atoms. The summed E-state index contributed by atoms with van der Waals surface area (Å²) in [4.78, 5) is 38.4. The molecule has 0 aromatic heterocycles. The molecule has 0 saturated carbocycles. The van der Waals surface area contributed by atoms with Gasteiger partial charge in [0.15, 0.2) is 0 Å². The maximum Gasteiger partial charge on any atom is 0.338 e. The Hall–Kier alpha value is -3.55. The van der Waals surface area contributed by atoms with Crippen LogP contribution in [-0.2, 0) is 4.74 Å². The summed E-state index contributed by atoms with van der Waals surface area (Å²) >= 11 is 0. The van der Waals surface area contributed by atoms with Gasteiger partial charge in [0, 0.05) is 37.7 Å². The molecular formula is C22H28N4O4. The van der Waals surface area contributed by atoms with E-state index in [4.69, 9.17) is 4.74 Å². The maximum atomic E-state index is 12.5. The van der Waals surface area contributed by atoms with Crippen LogP contribution in [0.1, 0.15) is 41.0 Å². The lowest BCUT2D eigenvalue weighted by molar-refractivity contribution is 0.0526. The predicted molar refractivity (Wildman–Crippen MR) is 118 cm³/mol. The third-order valence-electron chi connectivity index (χ3n) is 4.17. The quantitative estimate of drug-likeness (QED) is 0.574. The zero-order valence-electron chi connectivity index (χ0n) is 17.7. The summed E-state index contributed by atoms with van der Waals surface area (Å²) in [6.45, 7) is 4.59. The van der Waals surface area contributed by atoms with Gasteiger partial charge in [-0.25, -0.2) is 9.59 Å². The highest BCUT2D eigenvalue weighted by Crippen LogP contribution is 2.23. The van der Waals surface area contributed by atoms with Gasteiger partial charge in [-0.2, -0.15) is 0 Å². The summed E-state index contributed by atoms with van der Waals surface area (Å²) < 4.78 is 4.93. The van der Waals surface area contributed by atoms with Crippen molar-refractivity contribution in [2.75, 3.05) is 42.8 Å². The third-order valence-corrected chi connectivity index (χ3v) is 4.17. The monoisotopic (exact) mass is 412 g/mol. The molecule has 0 fully saturated rings. The number of nitrogens with one attached hydrogen (secondary N) is 3. The molecule has 0 heterocycles. The number of esters is 1. The number of hydrogen-bond donors (Lipinski definition) is 3. The van der Waals surface area contributed by atoms with Gasteiger partial charge >= 0.3 is 12.0 Å². The highest BCUT2D eigenvalue weighted by Gasteiger charge is 2.15. The first-order chi connectivity index (χ1) is 14.3. The molecule has 0 unspecified atom stereocenters. The highest BCUT2D eigenvalue weighted by atomic mass is 16.5. The summed E-state index contributed by atoms with van der Waals surface area (Å²) in [5, 5.41) is 8.28. The lowest BCUT2D eigenvalue weighted by Gasteiger charge is -2.18. The van der Waals surface area contributed by atoms with Crippen molar-refractivity contribution in [2.24, 2.45) is 0 Å². The van der Waals surface area contributed by atoms with Crippen molar-refractivity contribution in [3.05, 3.63) is 53.6 Å². The van der Waals surface area contributed by atoms with Gasteiger partial charge in [0.1, 0.15) is 0 Å². The zero-order chi connectivity index (χ0) is 22.1. The van der Waals surface area contributed by atoms with Crippen LogP contribution in [0.3, 0.4) is 0 Å². The minimum Gasteiger partial charge on any atom is -0.462 e. The molecular weight excluding hydrogens is 384 g/mol. The molecule has 0 spiro atoms. The fourth-order valence-corrected chi connectivity index (χ4v) is 2.72. The Kier molecular flexibility index (Phi) is 8.22. The Balaban J connectivity index is 2.09. The van der Waals surface area contributed by atoms with E-state index in [2.05, 4.69) is 16.0 Å². The van der Waals surface area contributed by atoms with E-state index < -0.39 is 12.0 Å². The van der Waals surface area contributed by atoms with Crippen LogP contribution < -0.4 is 20.9 Å². The highest BCUT2D eigenvalue weighted by molar-refractivity contribution is 6.04. The van der Waals surface area contributed by atoms with Crippen molar-refractivity contribution >= 4 is 35.0 Å². The van der Waals surface area contributed by atoms with Gasteiger partial charge in [0.25, 0.3) is 5.91 Å². The van der Waals surface area contributed by atoms with Crippen LogP contribution in [0.4, 0.5) is 21.9 Å². The molecule has 160 valence electrons. The molecule has 3 amide bonds. The molecule has 0 aliphatic rings. The van der Waals surface area contributed by atoms with Crippen molar-refractivity contribution in [3.8, 4) is 0 Å². The standard InChI is InChI=1S/C22H28N4O4/c1-5-13-23-20(27)18-14-17(11-12-19(18)26(3)4)25-22(29)24-16-9-7-15(8-10-16)21(28)30-6-2/h7-12,14H,5-6,13H2,1-4H3,(H,23,27)(H2,24,25,29). The van der Waals surface area contributed by atoms with Gasteiger partial charge in [-0.15, -0.1) is 0 Å². The van der Waals surface area contributed by atoms with Gasteiger partial charge in [-0.05, 0) is 55.8 Å². The number of nitrogens with zero attached hydrogens (tertiary/aromatic N) is 1. The molecule has 0 aliphatic heterocycles. The fourth-order valence-electron chi connectivity index (χ4n) is 2.72. The number of urea groups is 1. The normalized spacial score (nSPS) is 10.1. The van der Waals surface area contributed by atoms with Crippen LogP contribution >= 0.6 is 0 Å². The minimum absolute atomic E-state index is 0.195. The lowest BCUT2D eigenvalue weighted by Crippen LogP contribution is -2.27. The molecule has 2 aromatic carbocycles. The molecule has 0 saturated heterocycles. The number of carbonyl (C=O) groups is 3. The molecule has 0 aliphatic carbocycles. The Morgan fingerprint density at radius 2 is 1.57 bits per heavy atom. The molecule has 2 aromatic rings. The Labute approximate surface area is 176 Å². The van der Waals surface area contributed by atoms with Gasteiger partial charge in [-0.1, -0.05) is 6.92 Å². The van der Waals surface area contributed by atoms with Gasteiger partial charge < -0.3 is 25.6 Å². The molecule has 30 heavy (non-hydrogen) atoms. The predicted octanol–water partition coefficient (Wildman–Crippen LogP) is 3.71. The van der Waals surface area contributed by atoms with E-state index in [9.17, 15) is 14.4 Å². The van der Waals surface area contributed by atoms with Crippen LogP contribution in [-0.4, -0.2) is 45.2 Å². The first kappa shape index (κ1) is 22.7. The molecule has 2 rings (SSSR count). The summed E-state index contributed by atoms with van der Waals surface area (Å²) in [6, 6.07) is 11.1. The van der Waals surface area contributed by atoms with Crippen molar-refractivity contribution in [3.63, 3.8) is 0 Å². The Morgan fingerprint density at radius 1 is 0.933 bits per heavy atom. The lowest BCUT2D eigenvalue weighted by atomic mass is 10.1. The number of anilines is 3. The van der Waals surface area contributed by atoms with E-state index in [0.717, 1.165) is 12.1 Å². The number of ether oxygens (including phenoxy) is 1. The van der Waals surface area contributed by atoms with E-state index >= 15 is 0 Å². The first-order valence-corrected chi connectivity index (χ1v) is 9.80. The SMILES string of the molecule is CCCNC(=O)c1cc(NC(=O)Nc2ccc(C(=O)OCC)cc2)ccc1N(C)C. The molecule has 0 atom stereocenters. The molecule has 8 nitrogen and oxygen atoms in total. The van der Waals surface area contributed by atoms with Crippen LogP contribution in [0, 0.1) is 0 Å². The van der Waals surface area contributed by atoms with E-state index in [1.807, 2.05) is 25.9 Å². The average molecular weight is 412 g/mol. The summed E-state index contributed by atoms with van der Waals surface area (Å²) in [5.41, 5.74) is 2.65. The van der Waals surface area contributed by atoms with E-state index in [0.29, 0.717) is 35.7 Å². The number of carbonyl (C=O) groups excluding carboxylic acids is 3. The number of rotatable bonds is 8. The van der Waals surface area contributed by atoms with Crippen molar-refractivity contribution in [1.82, 2.24) is 5.32 Å². The zero-order valence-corrected chi connectivity index (χ0v) is 17.7. The van der Waals surface area contributed by atoms with Gasteiger partial charge in [0.2, 0.25) is 0 Å². The Bertz CT molecular complexity index is 895. The summed E-state index contributed by atoms with van der Waals surface area (Å²) in [5.74, 6) is -0.609. The van der Waals surface area contributed by atoms with Crippen LogP contribution in [0.5, 0.6) is 0 Å². The second-order valence-corrected chi connectivity index (χ2v) is 6.76. The van der Waals surface area contributed by atoms with Gasteiger partial charge in [-0.3, -0.25) is 4.79 Å². The minimum atomic E-state index is -0.462. The maximum absolute atomic E-state index is 12.5. The topological polar surface area (TPSA) is 99.8 Å². The van der Waals surface area contributed by atoms with Crippen LogP contribution in [0.15, 0.2) is 42.5 Å². The van der Waals surface area contributed by atoms with Crippen molar-refractivity contribution in [1.29, 1.82) is 0 Å². The molecule has 3 N–H and O–H groups in total. The fraction of sp³-hybridized carbons (Fsp3) is 0.318. The third kappa shape index (κ3) is 6.23. The van der Waals surface area contributed by atoms with E-state index in [1.165, 1.54) is 0 Å². The average Bonchev–Trinajstić information content (AvgIpc) is 2.72. The van der Waals surface area contributed by atoms with Crippen LogP contribution in [0.25, 0.3) is 0 Å². The number of benzene rings is 2. The van der Waals surface area contributed by atoms with Crippen molar-refractivity contribution < 1.29 is 19.1 Å². The first-order valence-electron chi connectivity index (χ1n) is 9.80. The van der Waals surface area contributed by atoms with Crippen LogP contribution in [0.2, 0.25) is 0 Å². The van der Waals surface area contributed by atoms with Gasteiger partial charge in [0.05, 0.1) is 17.7 Å². The second-order valence-electron chi connectivity index (χ2n) is 6.76. The van der Waals surface area contributed by atoms with Crippen molar-refractivity contribution in [2.45, 2.75) is 20.3 Å². The second kappa shape index (κ2) is 10.8. The molecule has 8 heteroatoms. The summed E-state index contributed by atoms with van der Waals surface area (Å²) in [7, 11) is 3.71. The van der Waals surface area contributed by atoms with E-state index in [-0.39, 0.29) is 5.91 Å². The molecule has 0 radical (unpaired) electrons. The smallest absolute Gasteiger partial charge is 0.338 e. The summed E-state index contributed by atoms with van der Waals surface area (Å²) in [6.07, 6.45) is 0.832. The largest absolute Gasteiger partial charge is 0.462 e. The number of amides is 3. The number of hydrogen-bond acceptors (Lipinski definition) is 5.